The van der Waals surface area contributed by atoms with E-state index in [0.29, 0.717) is 18.9 Å². The number of aliphatic imine (C=N–C) groups is 1. The fourth-order valence-electron chi connectivity index (χ4n) is 2.89. The van der Waals surface area contributed by atoms with E-state index in [2.05, 4.69) is 27.1 Å². The molecular formula is C18H25IN4O2S. The first-order valence-electron chi connectivity index (χ1n) is 8.56. The lowest BCUT2D eigenvalue weighted by atomic mass is 10.1. The summed E-state index contributed by atoms with van der Waals surface area (Å²) >= 11 is 1.79. The van der Waals surface area contributed by atoms with Gasteiger partial charge >= 0.3 is 0 Å². The zero-order valence-corrected chi connectivity index (χ0v) is 18.0. The second-order valence-electron chi connectivity index (χ2n) is 5.94. The molecule has 0 spiro atoms. The van der Waals surface area contributed by atoms with E-state index in [1.54, 1.807) is 24.6 Å². The minimum atomic E-state index is 0. The Kier molecular flexibility index (Phi) is 8.43. The molecule has 0 unspecified atom stereocenters. The first-order chi connectivity index (χ1) is 12.3. The lowest BCUT2D eigenvalue weighted by Gasteiger charge is -2.27. The van der Waals surface area contributed by atoms with Gasteiger partial charge in [0.05, 0.1) is 6.26 Å². The molecule has 0 aromatic carbocycles. The molecule has 0 aliphatic carbocycles. The minimum absolute atomic E-state index is 0. The van der Waals surface area contributed by atoms with Gasteiger partial charge in [-0.1, -0.05) is 0 Å². The van der Waals surface area contributed by atoms with Crippen molar-refractivity contribution in [2.75, 3.05) is 26.7 Å². The Hall–Kier alpha value is -1.55. The molecule has 2 aromatic rings. The van der Waals surface area contributed by atoms with Gasteiger partial charge in [0.2, 0.25) is 5.91 Å². The second-order valence-corrected chi connectivity index (χ2v) is 6.94. The van der Waals surface area contributed by atoms with Crippen molar-refractivity contribution in [2.45, 2.75) is 25.8 Å². The summed E-state index contributed by atoms with van der Waals surface area (Å²) in [5.74, 6) is 1.84. The number of thiophene rings is 1. The summed E-state index contributed by atoms with van der Waals surface area (Å²) in [7, 11) is 1.73. The molecule has 0 fully saturated rings. The lowest BCUT2D eigenvalue weighted by molar-refractivity contribution is -0.131. The van der Waals surface area contributed by atoms with Crippen molar-refractivity contribution in [3.63, 3.8) is 0 Å². The highest BCUT2D eigenvalue weighted by atomic mass is 127. The number of guanidine groups is 1. The van der Waals surface area contributed by atoms with E-state index in [0.717, 1.165) is 38.2 Å². The standard InChI is InChI=1S/C18H24N4O2S.HI/c1-19-18(20-8-4-15-3-2-11-24-15)21-9-5-17(23)22-10-6-16-14(13-22)7-12-25-16;/h2-3,7,11-12H,4-6,8-10,13H2,1H3,(H2,19,20,21);1H. The maximum absolute atomic E-state index is 12.4. The quantitative estimate of drug-likeness (QED) is 0.373. The number of halogens is 1. The van der Waals surface area contributed by atoms with Gasteiger partial charge in [-0.3, -0.25) is 9.79 Å². The van der Waals surface area contributed by atoms with Crippen LogP contribution in [0, 0.1) is 0 Å². The Bertz CT molecular complexity index is 715. The number of fused-ring (bicyclic) bond motifs is 1. The van der Waals surface area contributed by atoms with Crippen molar-refractivity contribution in [3.05, 3.63) is 46.0 Å². The van der Waals surface area contributed by atoms with Gasteiger partial charge in [-0.15, -0.1) is 35.3 Å². The van der Waals surface area contributed by atoms with E-state index in [4.69, 9.17) is 4.42 Å². The first-order valence-corrected chi connectivity index (χ1v) is 9.44. The molecule has 0 radical (unpaired) electrons. The van der Waals surface area contributed by atoms with Crippen LogP contribution in [0.4, 0.5) is 0 Å². The fourth-order valence-corrected chi connectivity index (χ4v) is 3.78. The Balaban J connectivity index is 0.00000243. The maximum Gasteiger partial charge on any atom is 0.224 e. The van der Waals surface area contributed by atoms with Gasteiger partial charge in [0.1, 0.15) is 5.76 Å². The molecule has 0 saturated carbocycles. The topological polar surface area (TPSA) is 69.9 Å². The van der Waals surface area contributed by atoms with Crippen LogP contribution in [-0.2, 0) is 24.2 Å². The molecule has 142 valence electrons. The van der Waals surface area contributed by atoms with E-state index < -0.39 is 0 Å². The molecule has 2 aromatic heterocycles. The van der Waals surface area contributed by atoms with E-state index in [9.17, 15) is 4.79 Å². The Morgan fingerprint density at radius 1 is 1.35 bits per heavy atom. The van der Waals surface area contributed by atoms with Crippen LogP contribution in [0.3, 0.4) is 0 Å². The molecule has 26 heavy (non-hydrogen) atoms. The van der Waals surface area contributed by atoms with E-state index in [-0.39, 0.29) is 29.9 Å². The van der Waals surface area contributed by atoms with E-state index in [1.807, 2.05) is 17.0 Å². The molecule has 3 rings (SSSR count). The number of furan rings is 1. The third-order valence-corrected chi connectivity index (χ3v) is 5.28. The highest BCUT2D eigenvalue weighted by Crippen LogP contribution is 2.24. The molecule has 3 heterocycles. The first kappa shape index (κ1) is 20.8. The average molecular weight is 488 g/mol. The molecule has 0 atom stereocenters. The smallest absolute Gasteiger partial charge is 0.224 e. The predicted molar refractivity (Wildman–Crippen MR) is 115 cm³/mol. The molecule has 1 amide bonds. The average Bonchev–Trinajstić information content (AvgIpc) is 3.31. The number of nitrogens with one attached hydrogen (secondary N) is 2. The molecular weight excluding hydrogens is 463 g/mol. The molecule has 2 N–H and O–H groups in total. The molecule has 1 aliphatic heterocycles. The van der Waals surface area contributed by atoms with Gasteiger partial charge in [-0.05, 0) is 35.6 Å². The summed E-state index contributed by atoms with van der Waals surface area (Å²) in [6.07, 6.45) is 3.91. The van der Waals surface area contributed by atoms with Crippen LogP contribution in [0.2, 0.25) is 0 Å². The van der Waals surface area contributed by atoms with Gasteiger partial charge in [-0.25, -0.2) is 0 Å². The zero-order chi connectivity index (χ0) is 17.5. The van der Waals surface area contributed by atoms with Crippen molar-refractivity contribution in [2.24, 2.45) is 4.99 Å². The van der Waals surface area contributed by atoms with Gasteiger partial charge in [0.15, 0.2) is 5.96 Å². The van der Waals surface area contributed by atoms with Crippen molar-refractivity contribution < 1.29 is 9.21 Å². The number of carbonyl (C=O) groups is 1. The summed E-state index contributed by atoms with van der Waals surface area (Å²) in [4.78, 5) is 19.9. The van der Waals surface area contributed by atoms with Crippen LogP contribution in [0.1, 0.15) is 22.6 Å². The van der Waals surface area contributed by atoms with Crippen molar-refractivity contribution in [1.29, 1.82) is 0 Å². The van der Waals surface area contributed by atoms with E-state index >= 15 is 0 Å². The Morgan fingerprint density at radius 3 is 2.96 bits per heavy atom. The summed E-state index contributed by atoms with van der Waals surface area (Å²) in [5.41, 5.74) is 1.30. The molecule has 1 aliphatic rings. The number of carbonyl (C=O) groups excluding carboxylic acids is 1. The number of amides is 1. The maximum atomic E-state index is 12.4. The fraction of sp³-hybridized carbons (Fsp3) is 0.444. The largest absolute Gasteiger partial charge is 0.469 e. The number of rotatable bonds is 6. The third-order valence-electron chi connectivity index (χ3n) is 4.26. The summed E-state index contributed by atoms with van der Waals surface area (Å²) in [6.45, 7) is 2.87. The van der Waals surface area contributed by atoms with Crippen molar-refractivity contribution in [1.82, 2.24) is 15.5 Å². The van der Waals surface area contributed by atoms with E-state index in [1.165, 1.54) is 10.4 Å². The van der Waals surface area contributed by atoms with Crippen LogP contribution in [0.15, 0.2) is 39.3 Å². The number of hydrogen-bond donors (Lipinski definition) is 2. The number of hydrogen-bond acceptors (Lipinski definition) is 4. The Morgan fingerprint density at radius 2 is 2.19 bits per heavy atom. The van der Waals surface area contributed by atoms with Gasteiger partial charge in [-0.2, -0.15) is 0 Å². The summed E-state index contributed by atoms with van der Waals surface area (Å²) in [5, 5.41) is 8.53. The van der Waals surface area contributed by atoms with Gasteiger partial charge < -0.3 is 20.0 Å². The predicted octanol–water partition coefficient (Wildman–Crippen LogP) is 2.64. The molecule has 0 bridgehead atoms. The zero-order valence-electron chi connectivity index (χ0n) is 14.9. The van der Waals surface area contributed by atoms with Crippen LogP contribution in [-0.4, -0.2) is 43.4 Å². The number of nitrogens with zero attached hydrogens (tertiary/aromatic N) is 2. The van der Waals surface area contributed by atoms with Crippen molar-refractivity contribution in [3.8, 4) is 0 Å². The van der Waals surface area contributed by atoms with Crippen molar-refractivity contribution >= 4 is 47.2 Å². The summed E-state index contributed by atoms with van der Waals surface area (Å²) < 4.78 is 5.30. The van der Waals surface area contributed by atoms with Crippen LogP contribution in [0.25, 0.3) is 0 Å². The molecule has 8 heteroatoms. The van der Waals surface area contributed by atoms with Crippen LogP contribution >= 0.6 is 35.3 Å². The molecule has 0 saturated heterocycles. The van der Waals surface area contributed by atoms with Gasteiger partial charge in [0, 0.05) is 50.9 Å². The summed E-state index contributed by atoms with van der Waals surface area (Å²) in [6, 6.07) is 5.96. The highest BCUT2D eigenvalue weighted by molar-refractivity contribution is 14.0. The van der Waals surface area contributed by atoms with Crippen LogP contribution < -0.4 is 10.6 Å². The lowest BCUT2D eigenvalue weighted by Crippen LogP contribution is -2.41. The highest BCUT2D eigenvalue weighted by Gasteiger charge is 2.20. The Labute approximate surface area is 175 Å². The van der Waals surface area contributed by atoms with Crippen LogP contribution in [0.5, 0.6) is 0 Å². The third kappa shape index (κ3) is 5.73. The second kappa shape index (κ2) is 10.6. The van der Waals surface area contributed by atoms with Gasteiger partial charge in [0.25, 0.3) is 0 Å². The normalized spacial score (nSPS) is 13.7. The molecule has 6 nitrogen and oxygen atoms in total. The minimum Gasteiger partial charge on any atom is -0.469 e. The SMILES string of the molecule is CN=C(NCCC(=O)N1CCc2sccc2C1)NCCc1ccco1.I. The monoisotopic (exact) mass is 488 g/mol.